The molecule has 0 saturated carbocycles. The van der Waals surface area contributed by atoms with Gasteiger partial charge < -0.3 is 10.1 Å². The van der Waals surface area contributed by atoms with Crippen LogP contribution in [0.5, 0.6) is 5.75 Å². The number of anilines is 1. The average molecular weight is 321 g/mol. The molecule has 1 N–H and O–H groups in total. The molecule has 2 aromatic carbocycles. The normalized spacial score (nSPS) is 11.8. The van der Waals surface area contributed by atoms with E-state index in [1.54, 1.807) is 11.6 Å². The summed E-state index contributed by atoms with van der Waals surface area (Å²) < 4.78 is 7.38. The van der Waals surface area contributed by atoms with Crippen molar-refractivity contribution in [3.05, 3.63) is 72.4 Å². The maximum absolute atomic E-state index is 12.3. The van der Waals surface area contributed by atoms with Crippen LogP contribution in [-0.4, -0.2) is 21.8 Å². The second-order valence-electron chi connectivity index (χ2n) is 5.50. The summed E-state index contributed by atoms with van der Waals surface area (Å²) in [6, 6.07) is 19.0. The second-order valence-corrected chi connectivity index (χ2v) is 5.50. The molecular weight excluding hydrogens is 302 g/mol. The summed E-state index contributed by atoms with van der Waals surface area (Å²) in [5.41, 5.74) is 1.83. The average Bonchev–Trinajstić information content (AvgIpc) is 2.97. The molecule has 0 fully saturated rings. The molecule has 0 aliphatic heterocycles. The van der Waals surface area contributed by atoms with Gasteiger partial charge in [0.05, 0.1) is 5.69 Å². The maximum atomic E-state index is 12.3. The molecule has 1 aromatic heterocycles. The maximum Gasteiger partial charge on any atom is 0.266 e. The molecule has 5 nitrogen and oxygen atoms in total. The number of para-hydroxylation sites is 2. The molecule has 0 bridgehead atoms. The molecule has 0 aliphatic carbocycles. The zero-order chi connectivity index (χ0) is 16.9. The minimum absolute atomic E-state index is 0.236. The molecule has 3 rings (SSSR count). The van der Waals surface area contributed by atoms with Crippen LogP contribution in [0, 0.1) is 6.92 Å². The van der Waals surface area contributed by atoms with E-state index in [4.69, 9.17) is 4.74 Å². The Labute approximate surface area is 140 Å². The number of ether oxygens (including phenoxy) is 1. The van der Waals surface area contributed by atoms with Gasteiger partial charge in [-0.1, -0.05) is 36.4 Å². The summed E-state index contributed by atoms with van der Waals surface area (Å²) in [5.74, 6) is 0.958. The van der Waals surface area contributed by atoms with E-state index in [0.717, 1.165) is 11.3 Å². The van der Waals surface area contributed by atoms with Crippen molar-refractivity contribution >= 4 is 11.7 Å². The number of hydrogen-bond acceptors (Lipinski definition) is 3. The van der Waals surface area contributed by atoms with Gasteiger partial charge in [0, 0.05) is 11.8 Å². The highest BCUT2D eigenvalue weighted by Gasteiger charge is 2.17. The zero-order valence-electron chi connectivity index (χ0n) is 13.6. The fourth-order valence-electron chi connectivity index (χ4n) is 2.27. The van der Waals surface area contributed by atoms with Gasteiger partial charge in [-0.05, 0) is 38.1 Å². The van der Waals surface area contributed by atoms with Crippen LogP contribution in [-0.2, 0) is 4.79 Å². The van der Waals surface area contributed by atoms with Crippen molar-refractivity contribution in [1.82, 2.24) is 9.78 Å². The van der Waals surface area contributed by atoms with Crippen molar-refractivity contribution in [3.63, 3.8) is 0 Å². The Bertz CT molecular complexity index is 813. The van der Waals surface area contributed by atoms with Crippen molar-refractivity contribution in [3.8, 4) is 11.4 Å². The minimum atomic E-state index is -0.617. The summed E-state index contributed by atoms with van der Waals surface area (Å²) in [6.45, 7) is 3.62. The predicted octanol–water partition coefficient (Wildman–Crippen LogP) is 3.59. The quantitative estimate of drug-likeness (QED) is 0.781. The van der Waals surface area contributed by atoms with E-state index in [-0.39, 0.29) is 5.91 Å². The van der Waals surface area contributed by atoms with Crippen LogP contribution in [0.15, 0.2) is 66.9 Å². The summed E-state index contributed by atoms with van der Waals surface area (Å²) in [5, 5.41) is 7.26. The highest BCUT2D eigenvalue weighted by Crippen LogP contribution is 2.17. The molecule has 3 aromatic rings. The first kappa shape index (κ1) is 15.8. The van der Waals surface area contributed by atoms with Crippen LogP contribution in [0.2, 0.25) is 0 Å². The van der Waals surface area contributed by atoms with E-state index in [1.807, 2.05) is 73.8 Å². The van der Waals surface area contributed by atoms with Gasteiger partial charge in [-0.3, -0.25) is 4.79 Å². The number of carbonyl (C=O) groups excluding carboxylic acids is 1. The van der Waals surface area contributed by atoms with Gasteiger partial charge >= 0.3 is 0 Å². The van der Waals surface area contributed by atoms with Crippen LogP contribution in [0.3, 0.4) is 0 Å². The lowest BCUT2D eigenvalue weighted by Gasteiger charge is -2.14. The minimum Gasteiger partial charge on any atom is -0.481 e. The number of rotatable bonds is 5. The summed E-state index contributed by atoms with van der Waals surface area (Å²) >= 11 is 0. The van der Waals surface area contributed by atoms with E-state index in [1.165, 1.54) is 0 Å². The smallest absolute Gasteiger partial charge is 0.266 e. The largest absolute Gasteiger partial charge is 0.481 e. The first-order chi connectivity index (χ1) is 11.6. The second kappa shape index (κ2) is 7.00. The van der Waals surface area contributed by atoms with Crippen LogP contribution in [0.25, 0.3) is 5.69 Å². The van der Waals surface area contributed by atoms with Crippen LogP contribution >= 0.6 is 0 Å². The van der Waals surface area contributed by atoms with Gasteiger partial charge in [-0.2, -0.15) is 0 Å². The first-order valence-corrected chi connectivity index (χ1v) is 7.78. The van der Waals surface area contributed by atoms with Crippen LogP contribution in [0.4, 0.5) is 5.82 Å². The lowest BCUT2D eigenvalue weighted by atomic mass is 10.3. The first-order valence-electron chi connectivity index (χ1n) is 7.78. The fourth-order valence-corrected chi connectivity index (χ4v) is 2.27. The van der Waals surface area contributed by atoms with Crippen LogP contribution in [0.1, 0.15) is 12.5 Å². The molecule has 1 heterocycles. The number of amides is 1. The molecule has 1 atom stereocenters. The SMILES string of the molecule is Cc1cn(-c2ccccc2)nc1NC(=O)C(C)Oc1ccccc1. The Morgan fingerprint density at radius 1 is 1.08 bits per heavy atom. The van der Waals surface area contributed by atoms with Crippen molar-refractivity contribution in [2.24, 2.45) is 0 Å². The standard InChI is InChI=1S/C19H19N3O2/c1-14-13-22(16-9-5-3-6-10-16)21-18(14)20-19(23)15(2)24-17-11-7-4-8-12-17/h3-13,15H,1-2H3,(H,20,21,23). The van der Waals surface area contributed by atoms with E-state index in [9.17, 15) is 4.79 Å². The Morgan fingerprint density at radius 2 is 1.71 bits per heavy atom. The van der Waals surface area contributed by atoms with E-state index < -0.39 is 6.10 Å². The number of hydrogen-bond donors (Lipinski definition) is 1. The summed E-state index contributed by atoms with van der Waals surface area (Å²) in [6.07, 6.45) is 1.27. The summed E-state index contributed by atoms with van der Waals surface area (Å²) in [4.78, 5) is 12.3. The fraction of sp³-hybridized carbons (Fsp3) is 0.158. The topological polar surface area (TPSA) is 56.2 Å². The van der Waals surface area contributed by atoms with E-state index in [2.05, 4.69) is 10.4 Å². The Balaban J connectivity index is 1.69. The monoisotopic (exact) mass is 321 g/mol. The third-order valence-corrected chi connectivity index (χ3v) is 3.58. The number of carbonyl (C=O) groups is 1. The number of aryl methyl sites for hydroxylation is 1. The molecule has 0 radical (unpaired) electrons. The van der Waals surface area contributed by atoms with Gasteiger partial charge in [0.25, 0.3) is 5.91 Å². The lowest BCUT2D eigenvalue weighted by Crippen LogP contribution is -2.30. The van der Waals surface area contributed by atoms with Crippen molar-refractivity contribution in [2.75, 3.05) is 5.32 Å². The Hall–Kier alpha value is -3.08. The van der Waals surface area contributed by atoms with Gasteiger partial charge in [-0.15, -0.1) is 5.10 Å². The summed E-state index contributed by atoms with van der Waals surface area (Å²) in [7, 11) is 0. The predicted molar refractivity (Wildman–Crippen MR) is 93.5 cm³/mol. The van der Waals surface area contributed by atoms with Crippen molar-refractivity contribution < 1.29 is 9.53 Å². The molecule has 0 saturated heterocycles. The third-order valence-electron chi connectivity index (χ3n) is 3.58. The van der Waals surface area contributed by atoms with Crippen LogP contribution < -0.4 is 10.1 Å². The molecule has 1 amide bonds. The van der Waals surface area contributed by atoms with E-state index >= 15 is 0 Å². The van der Waals surface area contributed by atoms with Gasteiger partial charge in [-0.25, -0.2) is 4.68 Å². The molecule has 122 valence electrons. The number of aromatic nitrogens is 2. The van der Waals surface area contributed by atoms with Crippen molar-refractivity contribution in [1.29, 1.82) is 0 Å². The molecule has 0 spiro atoms. The molecule has 1 unspecified atom stereocenters. The highest BCUT2D eigenvalue weighted by atomic mass is 16.5. The Kier molecular flexibility index (Phi) is 4.61. The number of nitrogens with zero attached hydrogens (tertiary/aromatic N) is 2. The van der Waals surface area contributed by atoms with Gasteiger partial charge in [0.2, 0.25) is 0 Å². The van der Waals surface area contributed by atoms with Gasteiger partial charge in [0.1, 0.15) is 5.75 Å². The number of nitrogens with one attached hydrogen (secondary N) is 1. The lowest BCUT2D eigenvalue weighted by molar-refractivity contribution is -0.122. The third kappa shape index (κ3) is 3.63. The van der Waals surface area contributed by atoms with E-state index in [0.29, 0.717) is 11.6 Å². The molecule has 5 heteroatoms. The van der Waals surface area contributed by atoms with Crippen molar-refractivity contribution in [2.45, 2.75) is 20.0 Å². The highest BCUT2D eigenvalue weighted by molar-refractivity contribution is 5.93. The molecule has 24 heavy (non-hydrogen) atoms. The molecular formula is C19H19N3O2. The van der Waals surface area contributed by atoms with Gasteiger partial charge in [0.15, 0.2) is 11.9 Å². The molecule has 0 aliphatic rings. The zero-order valence-corrected chi connectivity index (χ0v) is 13.6. The number of benzene rings is 2. The Morgan fingerprint density at radius 3 is 2.38 bits per heavy atom.